The number of hydrogen-bond acceptors (Lipinski definition) is 4. The van der Waals surface area contributed by atoms with Gasteiger partial charge in [0, 0.05) is 11.1 Å². The van der Waals surface area contributed by atoms with E-state index in [0.717, 1.165) is 33.4 Å². The summed E-state index contributed by atoms with van der Waals surface area (Å²) in [6.07, 6.45) is 6.31. The first kappa shape index (κ1) is 11.0. The number of hydrogen-bond donors (Lipinski definition) is 0. The number of oxazole rings is 2. The van der Waals surface area contributed by atoms with Crippen LogP contribution in [0.1, 0.15) is 0 Å². The Hall–Kier alpha value is -2.88. The fourth-order valence-corrected chi connectivity index (χ4v) is 2.43. The first-order valence-electron chi connectivity index (χ1n) is 6.23. The first-order valence-corrected chi connectivity index (χ1v) is 6.23. The van der Waals surface area contributed by atoms with Crippen LogP contribution in [0.4, 0.5) is 0 Å². The van der Waals surface area contributed by atoms with Crippen LogP contribution in [0.5, 0.6) is 0 Å². The standard InChI is InChI=1S/C16H10N2O2/c1-2-4-12-11(3-1)13(15-7-17-9-19-15)5-6-14(12)16-8-18-10-20-16/h1-10H. The highest BCUT2D eigenvalue weighted by Crippen LogP contribution is 2.35. The maximum Gasteiger partial charge on any atom is 0.181 e. The van der Waals surface area contributed by atoms with Crippen LogP contribution in [0, 0.1) is 0 Å². The van der Waals surface area contributed by atoms with Crippen molar-refractivity contribution >= 4 is 10.8 Å². The van der Waals surface area contributed by atoms with E-state index in [-0.39, 0.29) is 0 Å². The molecule has 0 aliphatic heterocycles. The van der Waals surface area contributed by atoms with Crippen LogP contribution in [-0.2, 0) is 0 Å². The summed E-state index contributed by atoms with van der Waals surface area (Å²) >= 11 is 0. The average Bonchev–Trinajstić information content (AvgIpc) is 3.19. The lowest BCUT2D eigenvalue weighted by Crippen LogP contribution is -1.83. The van der Waals surface area contributed by atoms with E-state index in [2.05, 4.69) is 22.1 Å². The predicted molar refractivity (Wildman–Crippen MR) is 74.9 cm³/mol. The third-order valence-corrected chi connectivity index (χ3v) is 3.32. The minimum atomic E-state index is 0.755. The lowest BCUT2D eigenvalue weighted by atomic mass is 9.97. The van der Waals surface area contributed by atoms with E-state index in [9.17, 15) is 0 Å². The van der Waals surface area contributed by atoms with Crippen molar-refractivity contribution in [3.05, 3.63) is 61.6 Å². The zero-order chi connectivity index (χ0) is 13.4. The topological polar surface area (TPSA) is 52.1 Å². The number of benzene rings is 2. The molecule has 0 unspecified atom stereocenters. The summed E-state index contributed by atoms with van der Waals surface area (Å²) < 4.78 is 10.8. The molecule has 0 saturated heterocycles. The second kappa shape index (κ2) is 4.35. The Kier molecular flexibility index (Phi) is 2.39. The first-order chi connectivity index (χ1) is 9.93. The molecule has 2 heterocycles. The van der Waals surface area contributed by atoms with Gasteiger partial charge in [0.1, 0.15) is 0 Å². The molecule has 0 atom stereocenters. The van der Waals surface area contributed by atoms with Gasteiger partial charge in [-0.25, -0.2) is 9.97 Å². The van der Waals surface area contributed by atoms with Gasteiger partial charge in [0.25, 0.3) is 0 Å². The van der Waals surface area contributed by atoms with Gasteiger partial charge in [-0.1, -0.05) is 24.3 Å². The fraction of sp³-hybridized carbons (Fsp3) is 0. The SMILES string of the molecule is c1ccc2c(-c3cnco3)ccc(-c3cnco3)c2c1. The van der Waals surface area contributed by atoms with E-state index in [0.29, 0.717) is 0 Å². The molecule has 20 heavy (non-hydrogen) atoms. The van der Waals surface area contributed by atoms with Crippen molar-refractivity contribution in [2.75, 3.05) is 0 Å². The van der Waals surface area contributed by atoms with Gasteiger partial charge < -0.3 is 8.83 Å². The van der Waals surface area contributed by atoms with Gasteiger partial charge in [0.15, 0.2) is 24.3 Å². The van der Waals surface area contributed by atoms with Crippen molar-refractivity contribution in [2.24, 2.45) is 0 Å². The summed E-state index contributed by atoms with van der Waals surface area (Å²) in [5.41, 5.74) is 2.03. The van der Waals surface area contributed by atoms with E-state index in [1.807, 2.05) is 24.3 Å². The lowest BCUT2D eigenvalue weighted by molar-refractivity contribution is 0.571. The smallest absolute Gasteiger partial charge is 0.181 e. The zero-order valence-corrected chi connectivity index (χ0v) is 10.5. The molecule has 0 saturated carbocycles. The van der Waals surface area contributed by atoms with Gasteiger partial charge in [0.05, 0.1) is 12.4 Å². The van der Waals surface area contributed by atoms with E-state index in [1.54, 1.807) is 12.4 Å². The van der Waals surface area contributed by atoms with Crippen molar-refractivity contribution in [3.8, 4) is 22.6 Å². The van der Waals surface area contributed by atoms with Crippen LogP contribution in [-0.4, -0.2) is 9.97 Å². The maximum atomic E-state index is 5.41. The molecule has 96 valence electrons. The van der Waals surface area contributed by atoms with Gasteiger partial charge in [-0.2, -0.15) is 0 Å². The minimum absolute atomic E-state index is 0.755. The molecule has 0 N–H and O–H groups in total. The molecule has 0 aliphatic carbocycles. The molecule has 4 aromatic rings. The molecule has 2 aromatic heterocycles. The predicted octanol–water partition coefficient (Wildman–Crippen LogP) is 4.15. The summed E-state index contributed by atoms with van der Waals surface area (Å²) in [4.78, 5) is 7.97. The zero-order valence-electron chi connectivity index (χ0n) is 10.5. The van der Waals surface area contributed by atoms with Crippen LogP contribution in [0.25, 0.3) is 33.4 Å². The van der Waals surface area contributed by atoms with E-state index < -0.39 is 0 Å². The highest BCUT2D eigenvalue weighted by Gasteiger charge is 2.12. The molecule has 0 aliphatic rings. The molecule has 0 fully saturated rings. The Morgan fingerprint density at radius 2 is 1.15 bits per heavy atom. The molecule has 0 bridgehead atoms. The number of aromatic nitrogens is 2. The van der Waals surface area contributed by atoms with Gasteiger partial charge in [-0.3, -0.25) is 0 Å². The third kappa shape index (κ3) is 1.62. The number of nitrogens with zero attached hydrogens (tertiary/aromatic N) is 2. The highest BCUT2D eigenvalue weighted by atomic mass is 16.3. The molecular weight excluding hydrogens is 252 g/mol. The van der Waals surface area contributed by atoms with Gasteiger partial charge >= 0.3 is 0 Å². The Bertz CT molecular complexity index is 777. The van der Waals surface area contributed by atoms with Gasteiger partial charge in [-0.05, 0) is 22.9 Å². The molecular formula is C16H10N2O2. The van der Waals surface area contributed by atoms with E-state index >= 15 is 0 Å². The van der Waals surface area contributed by atoms with Crippen LogP contribution >= 0.6 is 0 Å². The summed E-state index contributed by atoms with van der Waals surface area (Å²) in [5.74, 6) is 1.51. The second-order valence-corrected chi connectivity index (χ2v) is 4.44. The van der Waals surface area contributed by atoms with E-state index in [1.165, 1.54) is 12.8 Å². The van der Waals surface area contributed by atoms with Gasteiger partial charge in [0.2, 0.25) is 0 Å². The van der Waals surface area contributed by atoms with Crippen molar-refractivity contribution in [1.29, 1.82) is 0 Å². The van der Waals surface area contributed by atoms with Crippen molar-refractivity contribution < 1.29 is 8.83 Å². The summed E-state index contributed by atoms with van der Waals surface area (Å²) in [7, 11) is 0. The van der Waals surface area contributed by atoms with Crippen molar-refractivity contribution in [2.45, 2.75) is 0 Å². The number of fused-ring (bicyclic) bond motifs is 1. The summed E-state index contributed by atoms with van der Waals surface area (Å²) in [6.45, 7) is 0. The Morgan fingerprint density at radius 1 is 0.650 bits per heavy atom. The Balaban J connectivity index is 2.05. The molecule has 2 aromatic carbocycles. The van der Waals surface area contributed by atoms with Crippen LogP contribution in [0.3, 0.4) is 0 Å². The normalized spacial score (nSPS) is 11.0. The molecule has 0 amide bonds. The Labute approximate surface area is 114 Å². The van der Waals surface area contributed by atoms with E-state index in [4.69, 9.17) is 8.83 Å². The monoisotopic (exact) mass is 262 g/mol. The Morgan fingerprint density at radius 3 is 1.55 bits per heavy atom. The number of rotatable bonds is 2. The molecule has 0 radical (unpaired) electrons. The molecule has 4 heteroatoms. The minimum Gasteiger partial charge on any atom is -0.443 e. The summed E-state index contributed by atoms with van der Waals surface area (Å²) in [6, 6.07) is 12.2. The quantitative estimate of drug-likeness (QED) is 0.544. The van der Waals surface area contributed by atoms with Crippen molar-refractivity contribution in [3.63, 3.8) is 0 Å². The van der Waals surface area contributed by atoms with Crippen LogP contribution < -0.4 is 0 Å². The fourth-order valence-electron chi connectivity index (χ4n) is 2.43. The third-order valence-electron chi connectivity index (χ3n) is 3.32. The molecule has 0 spiro atoms. The summed E-state index contributed by atoms with van der Waals surface area (Å²) in [5, 5.41) is 2.19. The molecule has 4 rings (SSSR count). The average molecular weight is 262 g/mol. The highest BCUT2D eigenvalue weighted by molar-refractivity contribution is 6.03. The van der Waals surface area contributed by atoms with Crippen LogP contribution in [0.2, 0.25) is 0 Å². The lowest BCUT2D eigenvalue weighted by Gasteiger charge is -2.07. The second-order valence-electron chi connectivity index (χ2n) is 4.44. The van der Waals surface area contributed by atoms with Crippen LogP contribution in [0.15, 0.2) is 70.4 Å². The maximum absolute atomic E-state index is 5.41. The van der Waals surface area contributed by atoms with Gasteiger partial charge in [-0.15, -0.1) is 0 Å². The molecule has 4 nitrogen and oxygen atoms in total. The largest absolute Gasteiger partial charge is 0.443 e. The van der Waals surface area contributed by atoms with Crippen molar-refractivity contribution in [1.82, 2.24) is 9.97 Å².